The molecule has 0 spiro atoms. The van der Waals surface area contributed by atoms with Gasteiger partial charge in [-0.2, -0.15) is 9.40 Å². The highest BCUT2D eigenvalue weighted by molar-refractivity contribution is 7.89. The fourth-order valence-electron chi connectivity index (χ4n) is 2.71. The van der Waals surface area contributed by atoms with Gasteiger partial charge in [0.25, 0.3) is 0 Å². The van der Waals surface area contributed by atoms with Crippen molar-refractivity contribution in [2.24, 2.45) is 0 Å². The molecule has 3 rings (SSSR count). The number of aromatic amines is 1. The van der Waals surface area contributed by atoms with E-state index in [1.807, 2.05) is 6.92 Å². The molecule has 0 aliphatic carbocycles. The molecule has 1 saturated heterocycles. The predicted octanol–water partition coefficient (Wildman–Crippen LogP) is 2.33. The Labute approximate surface area is 134 Å². The fraction of sp³-hybridized carbons (Fsp3) is 0.429. The van der Waals surface area contributed by atoms with Crippen LogP contribution in [0.3, 0.4) is 0 Å². The molecule has 0 bridgehead atoms. The summed E-state index contributed by atoms with van der Waals surface area (Å²) in [5.74, 6) is 1.42. The molecule has 2 heterocycles. The molecule has 0 amide bonds. The van der Waals surface area contributed by atoms with Crippen LogP contribution in [0.5, 0.6) is 0 Å². The molecule has 1 fully saturated rings. The minimum Gasteiger partial charge on any atom is -0.263 e. The molecule has 1 aromatic carbocycles. The zero-order valence-corrected chi connectivity index (χ0v) is 13.7. The van der Waals surface area contributed by atoms with E-state index in [9.17, 15) is 8.42 Å². The lowest BCUT2D eigenvalue weighted by atomic mass is 9.99. The molecule has 0 unspecified atom stereocenters. The number of hydrogen-bond acceptors (Lipinski definition) is 4. The van der Waals surface area contributed by atoms with Gasteiger partial charge in [-0.25, -0.2) is 13.4 Å². The first-order valence-corrected chi connectivity index (χ1v) is 8.94. The largest absolute Gasteiger partial charge is 0.263 e. The number of halogens is 1. The second-order valence-electron chi connectivity index (χ2n) is 5.41. The first-order valence-electron chi connectivity index (χ1n) is 7.12. The van der Waals surface area contributed by atoms with Gasteiger partial charge in [0.1, 0.15) is 10.7 Å². The third kappa shape index (κ3) is 2.88. The molecule has 1 aromatic heterocycles. The Morgan fingerprint density at radius 2 is 2.14 bits per heavy atom. The van der Waals surface area contributed by atoms with Gasteiger partial charge in [-0.3, -0.25) is 5.10 Å². The lowest BCUT2D eigenvalue weighted by Crippen LogP contribution is -2.39. The maximum absolute atomic E-state index is 12.8. The maximum Gasteiger partial charge on any atom is 0.244 e. The van der Waals surface area contributed by atoms with Gasteiger partial charge in [-0.1, -0.05) is 23.7 Å². The van der Waals surface area contributed by atoms with Crippen molar-refractivity contribution >= 4 is 21.6 Å². The number of nitrogens with zero attached hydrogens (tertiary/aromatic N) is 3. The molecule has 0 saturated carbocycles. The monoisotopic (exact) mass is 340 g/mol. The Kier molecular flexibility index (Phi) is 4.20. The fourth-order valence-corrected chi connectivity index (χ4v) is 4.72. The molecule has 1 aliphatic heterocycles. The summed E-state index contributed by atoms with van der Waals surface area (Å²) in [4.78, 5) is 4.48. The standard InChI is InChI=1S/C14H17ClN4O2S/c1-10-16-14(18-17-10)11-5-4-8-19(9-11)22(20,21)13-7-3-2-6-12(13)15/h2-3,6-7,11H,4-5,8-9H2,1H3,(H,16,17,18)/t11-/m0/s1. The van der Waals surface area contributed by atoms with Crippen molar-refractivity contribution in [3.05, 3.63) is 40.9 Å². The van der Waals surface area contributed by atoms with Crippen molar-refractivity contribution in [3.63, 3.8) is 0 Å². The number of piperidine rings is 1. The van der Waals surface area contributed by atoms with E-state index in [4.69, 9.17) is 11.6 Å². The Morgan fingerprint density at radius 3 is 2.82 bits per heavy atom. The third-order valence-electron chi connectivity index (χ3n) is 3.82. The minimum atomic E-state index is -3.59. The van der Waals surface area contributed by atoms with Gasteiger partial charge in [0.15, 0.2) is 5.82 Å². The molecule has 1 N–H and O–H groups in total. The van der Waals surface area contributed by atoms with Crippen molar-refractivity contribution in [2.75, 3.05) is 13.1 Å². The highest BCUT2D eigenvalue weighted by atomic mass is 35.5. The number of sulfonamides is 1. The predicted molar refractivity (Wildman–Crippen MR) is 83.3 cm³/mol. The number of aryl methyl sites for hydroxylation is 1. The Morgan fingerprint density at radius 1 is 1.36 bits per heavy atom. The van der Waals surface area contributed by atoms with E-state index in [1.54, 1.807) is 18.2 Å². The van der Waals surface area contributed by atoms with Crippen LogP contribution in [0.25, 0.3) is 0 Å². The van der Waals surface area contributed by atoms with Crippen LogP contribution < -0.4 is 0 Å². The van der Waals surface area contributed by atoms with E-state index >= 15 is 0 Å². The van der Waals surface area contributed by atoms with E-state index in [2.05, 4.69) is 15.2 Å². The number of rotatable bonds is 3. The molecule has 1 aliphatic rings. The summed E-state index contributed by atoms with van der Waals surface area (Å²) in [7, 11) is -3.59. The molecular weight excluding hydrogens is 324 g/mol. The zero-order valence-electron chi connectivity index (χ0n) is 12.2. The molecular formula is C14H17ClN4O2S. The number of aromatic nitrogens is 3. The van der Waals surface area contributed by atoms with E-state index in [0.29, 0.717) is 18.9 Å². The minimum absolute atomic E-state index is 0.0102. The van der Waals surface area contributed by atoms with E-state index in [1.165, 1.54) is 10.4 Å². The third-order valence-corrected chi connectivity index (χ3v) is 6.18. The Bertz CT molecular complexity index is 775. The summed E-state index contributed by atoms with van der Waals surface area (Å²) in [6.07, 6.45) is 1.66. The van der Waals surface area contributed by atoms with Gasteiger partial charge < -0.3 is 0 Å². The highest BCUT2D eigenvalue weighted by Crippen LogP contribution is 2.30. The lowest BCUT2D eigenvalue weighted by molar-refractivity contribution is 0.309. The van der Waals surface area contributed by atoms with Crippen LogP contribution in [-0.4, -0.2) is 41.0 Å². The normalized spacial score (nSPS) is 20.2. The van der Waals surface area contributed by atoms with Crippen molar-refractivity contribution in [1.82, 2.24) is 19.5 Å². The van der Waals surface area contributed by atoms with Crippen molar-refractivity contribution in [2.45, 2.75) is 30.6 Å². The summed E-state index contributed by atoms with van der Waals surface area (Å²) in [5, 5.41) is 7.22. The number of H-pyrrole nitrogens is 1. The molecule has 6 nitrogen and oxygen atoms in total. The second-order valence-corrected chi connectivity index (χ2v) is 7.73. The van der Waals surface area contributed by atoms with Gasteiger partial charge in [0.05, 0.1) is 5.02 Å². The summed E-state index contributed by atoms with van der Waals surface area (Å²) in [5.41, 5.74) is 0. The topological polar surface area (TPSA) is 79.0 Å². The van der Waals surface area contributed by atoms with E-state index in [-0.39, 0.29) is 15.8 Å². The van der Waals surface area contributed by atoms with Gasteiger partial charge in [-0.05, 0) is 31.9 Å². The van der Waals surface area contributed by atoms with Crippen LogP contribution >= 0.6 is 11.6 Å². The summed E-state index contributed by atoms with van der Waals surface area (Å²) in [6, 6.07) is 6.53. The molecule has 22 heavy (non-hydrogen) atoms. The SMILES string of the molecule is Cc1nc([C@H]2CCCN(S(=O)(=O)c3ccccc3Cl)C2)n[nH]1. The Hall–Kier alpha value is -1.44. The lowest BCUT2D eigenvalue weighted by Gasteiger charge is -2.30. The first-order chi connectivity index (χ1) is 10.5. The van der Waals surface area contributed by atoms with Gasteiger partial charge >= 0.3 is 0 Å². The van der Waals surface area contributed by atoms with Crippen LogP contribution in [0.4, 0.5) is 0 Å². The van der Waals surface area contributed by atoms with Crippen LogP contribution in [0.15, 0.2) is 29.2 Å². The maximum atomic E-state index is 12.8. The molecule has 2 aromatic rings. The summed E-state index contributed by atoms with van der Waals surface area (Å²) < 4.78 is 27.0. The number of hydrogen-bond donors (Lipinski definition) is 1. The van der Waals surface area contributed by atoms with Crippen LogP contribution in [0.1, 0.15) is 30.4 Å². The van der Waals surface area contributed by atoms with E-state index in [0.717, 1.165) is 18.7 Å². The highest BCUT2D eigenvalue weighted by Gasteiger charge is 2.33. The van der Waals surface area contributed by atoms with Crippen LogP contribution in [0, 0.1) is 6.92 Å². The molecule has 8 heteroatoms. The van der Waals surface area contributed by atoms with Crippen molar-refractivity contribution < 1.29 is 8.42 Å². The molecule has 118 valence electrons. The van der Waals surface area contributed by atoms with Gasteiger partial charge in [-0.15, -0.1) is 0 Å². The first kappa shape index (κ1) is 15.5. The van der Waals surface area contributed by atoms with Crippen LogP contribution in [0.2, 0.25) is 5.02 Å². The number of nitrogens with one attached hydrogen (secondary N) is 1. The smallest absolute Gasteiger partial charge is 0.244 e. The van der Waals surface area contributed by atoms with Crippen LogP contribution in [-0.2, 0) is 10.0 Å². The molecule has 0 radical (unpaired) electrons. The van der Waals surface area contributed by atoms with Crippen molar-refractivity contribution in [3.8, 4) is 0 Å². The Balaban J connectivity index is 1.87. The number of benzene rings is 1. The average molecular weight is 341 g/mol. The van der Waals surface area contributed by atoms with Crippen molar-refractivity contribution in [1.29, 1.82) is 0 Å². The van der Waals surface area contributed by atoms with Gasteiger partial charge in [0.2, 0.25) is 10.0 Å². The summed E-state index contributed by atoms with van der Waals surface area (Å²) >= 11 is 6.05. The average Bonchev–Trinajstić information content (AvgIpc) is 2.94. The molecule has 1 atom stereocenters. The second kappa shape index (κ2) is 5.98. The van der Waals surface area contributed by atoms with E-state index < -0.39 is 10.0 Å². The van der Waals surface area contributed by atoms with Gasteiger partial charge in [0, 0.05) is 19.0 Å². The zero-order chi connectivity index (χ0) is 15.7. The summed E-state index contributed by atoms with van der Waals surface area (Å²) in [6.45, 7) is 2.70. The quantitative estimate of drug-likeness (QED) is 0.930.